The third-order valence-electron chi connectivity index (χ3n) is 3.49. The van der Waals surface area contributed by atoms with Gasteiger partial charge in [-0.3, -0.25) is 4.57 Å². The number of hydrogen-bond donors (Lipinski definition) is 2. The lowest BCUT2D eigenvalue weighted by Gasteiger charge is -2.19. The molecule has 4 nitrogen and oxygen atoms in total. The highest BCUT2D eigenvalue weighted by atomic mass is 16.3. The third kappa shape index (κ3) is 3.40. The minimum Gasteiger partial charge on any atom is -0.494 e. The average Bonchev–Trinajstić information content (AvgIpc) is 2.57. The monoisotopic (exact) mass is 238 g/mol. The Morgan fingerprint density at radius 2 is 1.47 bits per heavy atom. The summed E-state index contributed by atoms with van der Waals surface area (Å²) in [7, 11) is 0. The molecule has 0 bridgehead atoms. The molecular weight excluding hydrogens is 216 g/mol. The molecule has 0 unspecified atom stereocenters. The van der Waals surface area contributed by atoms with Gasteiger partial charge < -0.3 is 15.1 Å². The molecule has 0 radical (unpaired) electrons. The van der Waals surface area contributed by atoms with Gasteiger partial charge in [0.1, 0.15) is 0 Å². The zero-order valence-corrected chi connectivity index (χ0v) is 10.3. The second kappa shape index (κ2) is 5.96. The third-order valence-corrected chi connectivity index (χ3v) is 3.49. The van der Waals surface area contributed by atoms with Crippen LogP contribution in [-0.4, -0.2) is 39.3 Å². The standard InChI is InChI=1S/C13H22N2O2/c16-12-6-7-13(17)15(12)11-5-10-14-8-3-1-2-4-9-14/h6-7,16-17H,1-5,8-11H2. The summed E-state index contributed by atoms with van der Waals surface area (Å²) in [5, 5.41) is 19.0. The number of hydrogen-bond acceptors (Lipinski definition) is 3. The maximum atomic E-state index is 9.50. The van der Waals surface area contributed by atoms with Gasteiger partial charge in [-0.2, -0.15) is 0 Å². The highest BCUT2D eigenvalue weighted by molar-refractivity contribution is 5.23. The van der Waals surface area contributed by atoms with Crippen molar-refractivity contribution >= 4 is 0 Å². The van der Waals surface area contributed by atoms with E-state index in [1.807, 2.05) is 0 Å². The van der Waals surface area contributed by atoms with Gasteiger partial charge in [0.25, 0.3) is 0 Å². The molecule has 96 valence electrons. The van der Waals surface area contributed by atoms with Crippen LogP contribution in [0, 0.1) is 0 Å². The minimum atomic E-state index is 0.151. The Labute approximate surface area is 102 Å². The van der Waals surface area contributed by atoms with Crippen LogP contribution in [0.1, 0.15) is 32.1 Å². The Kier molecular flexibility index (Phi) is 4.31. The van der Waals surface area contributed by atoms with Crippen molar-refractivity contribution < 1.29 is 10.2 Å². The molecule has 2 N–H and O–H groups in total. The topological polar surface area (TPSA) is 48.6 Å². The molecule has 4 heteroatoms. The van der Waals surface area contributed by atoms with Crippen LogP contribution in [0.5, 0.6) is 11.8 Å². The summed E-state index contributed by atoms with van der Waals surface area (Å²) in [6.45, 7) is 4.13. The summed E-state index contributed by atoms with van der Waals surface area (Å²) < 4.78 is 1.55. The van der Waals surface area contributed by atoms with Crippen molar-refractivity contribution in [1.29, 1.82) is 0 Å². The summed E-state index contributed by atoms with van der Waals surface area (Å²) in [4.78, 5) is 2.49. The van der Waals surface area contributed by atoms with Crippen LogP contribution in [0.4, 0.5) is 0 Å². The number of aromatic hydroxyl groups is 2. The number of likely N-dealkylation sites (tertiary alicyclic amines) is 1. The van der Waals surface area contributed by atoms with E-state index >= 15 is 0 Å². The number of rotatable bonds is 4. The number of nitrogens with zero attached hydrogens (tertiary/aromatic N) is 2. The number of aromatic nitrogens is 1. The molecular formula is C13H22N2O2. The Hall–Kier alpha value is -1.16. The molecule has 0 aromatic carbocycles. The van der Waals surface area contributed by atoms with Crippen LogP contribution in [0.3, 0.4) is 0 Å². The second-order valence-corrected chi connectivity index (χ2v) is 4.81. The van der Waals surface area contributed by atoms with Crippen LogP contribution in [0.25, 0.3) is 0 Å². The van der Waals surface area contributed by atoms with Gasteiger partial charge in [0.15, 0.2) is 11.8 Å². The van der Waals surface area contributed by atoms with E-state index in [0.29, 0.717) is 6.54 Å². The fourth-order valence-corrected chi connectivity index (χ4v) is 2.49. The maximum absolute atomic E-state index is 9.50. The molecule has 1 saturated heterocycles. The molecule has 1 fully saturated rings. The van der Waals surface area contributed by atoms with Crippen LogP contribution in [0.15, 0.2) is 12.1 Å². The first-order valence-corrected chi connectivity index (χ1v) is 6.57. The van der Waals surface area contributed by atoms with Crippen molar-refractivity contribution in [2.75, 3.05) is 19.6 Å². The van der Waals surface area contributed by atoms with Crippen molar-refractivity contribution in [3.8, 4) is 11.8 Å². The lowest BCUT2D eigenvalue weighted by Crippen LogP contribution is -2.26. The molecule has 0 amide bonds. The molecule has 1 aromatic rings. The fourth-order valence-electron chi connectivity index (χ4n) is 2.49. The van der Waals surface area contributed by atoms with Crippen LogP contribution >= 0.6 is 0 Å². The zero-order valence-electron chi connectivity index (χ0n) is 10.3. The van der Waals surface area contributed by atoms with E-state index in [1.165, 1.54) is 50.9 Å². The van der Waals surface area contributed by atoms with Crippen molar-refractivity contribution in [2.45, 2.75) is 38.6 Å². The van der Waals surface area contributed by atoms with E-state index in [4.69, 9.17) is 0 Å². The van der Waals surface area contributed by atoms with E-state index in [-0.39, 0.29) is 11.8 Å². The van der Waals surface area contributed by atoms with Crippen LogP contribution in [0.2, 0.25) is 0 Å². The molecule has 17 heavy (non-hydrogen) atoms. The van der Waals surface area contributed by atoms with Gasteiger partial charge in [0.05, 0.1) is 0 Å². The normalized spacial score (nSPS) is 18.1. The average molecular weight is 238 g/mol. The Morgan fingerprint density at radius 1 is 0.882 bits per heavy atom. The Balaban J connectivity index is 1.75. The maximum Gasteiger partial charge on any atom is 0.193 e. The summed E-state index contributed by atoms with van der Waals surface area (Å²) in [5.74, 6) is 0.303. The summed E-state index contributed by atoms with van der Waals surface area (Å²) >= 11 is 0. The minimum absolute atomic E-state index is 0.151. The molecule has 0 aliphatic carbocycles. The Bertz CT molecular complexity index is 322. The van der Waals surface area contributed by atoms with Crippen molar-refractivity contribution in [3.63, 3.8) is 0 Å². The van der Waals surface area contributed by atoms with Gasteiger partial charge in [-0.05, 0) is 38.9 Å². The quantitative estimate of drug-likeness (QED) is 0.845. The summed E-state index contributed by atoms with van der Waals surface area (Å²) in [6.07, 6.45) is 6.29. The van der Waals surface area contributed by atoms with Gasteiger partial charge in [-0.25, -0.2) is 0 Å². The largest absolute Gasteiger partial charge is 0.494 e. The van der Waals surface area contributed by atoms with Gasteiger partial charge in [-0.15, -0.1) is 0 Å². The first-order chi connectivity index (χ1) is 8.27. The molecule has 0 saturated carbocycles. The van der Waals surface area contributed by atoms with Gasteiger partial charge in [0, 0.05) is 18.7 Å². The lowest BCUT2D eigenvalue weighted by molar-refractivity contribution is 0.269. The highest BCUT2D eigenvalue weighted by Gasteiger charge is 2.09. The van der Waals surface area contributed by atoms with Gasteiger partial charge in [-0.1, -0.05) is 12.8 Å². The van der Waals surface area contributed by atoms with Crippen molar-refractivity contribution in [1.82, 2.24) is 9.47 Å². The zero-order chi connectivity index (χ0) is 12.1. The molecule has 0 atom stereocenters. The van der Waals surface area contributed by atoms with Crippen molar-refractivity contribution in [2.24, 2.45) is 0 Å². The lowest BCUT2D eigenvalue weighted by atomic mass is 10.2. The van der Waals surface area contributed by atoms with E-state index in [2.05, 4.69) is 4.90 Å². The first-order valence-electron chi connectivity index (χ1n) is 6.57. The molecule has 0 spiro atoms. The SMILES string of the molecule is Oc1ccc(O)n1CCCN1CCCCCC1. The predicted molar refractivity (Wildman–Crippen MR) is 67.3 cm³/mol. The Morgan fingerprint density at radius 3 is 2.06 bits per heavy atom. The molecule has 2 heterocycles. The van der Waals surface area contributed by atoms with E-state index in [9.17, 15) is 10.2 Å². The van der Waals surface area contributed by atoms with Crippen LogP contribution in [-0.2, 0) is 6.54 Å². The molecule has 1 aromatic heterocycles. The van der Waals surface area contributed by atoms with E-state index in [1.54, 1.807) is 4.57 Å². The second-order valence-electron chi connectivity index (χ2n) is 4.81. The molecule has 1 aliphatic heterocycles. The van der Waals surface area contributed by atoms with E-state index < -0.39 is 0 Å². The van der Waals surface area contributed by atoms with E-state index in [0.717, 1.165) is 13.0 Å². The first kappa shape index (κ1) is 12.3. The molecule has 2 rings (SSSR count). The highest BCUT2D eigenvalue weighted by Crippen LogP contribution is 2.21. The summed E-state index contributed by atoms with van der Waals surface area (Å²) in [5.41, 5.74) is 0. The van der Waals surface area contributed by atoms with Gasteiger partial charge in [0.2, 0.25) is 0 Å². The fraction of sp³-hybridized carbons (Fsp3) is 0.692. The van der Waals surface area contributed by atoms with Gasteiger partial charge >= 0.3 is 0 Å². The summed E-state index contributed by atoms with van der Waals surface area (Å²) in [6, 6.07) is 3.06. The predicted octanol–water partition coefficient (Wildman–Crippen LogP) is 2.17. The van der Waals surface area contributed by atoms with Crippen molar-refractivity contribution in [3.05, 3.63) is 12.1 Å². The smallest absolute Gasteiger partial charge is 0.193 e. The molecule has 1 aliphatic rings. The van der Waals surface area contributed by atoms with Crippen LogP contribution < -0.4 is 0 Å².